The van der Waals surface area contributed by atoms with Crippen molar-refractivity contribution in [2.45, 2.75) is 19.9 Å². The molecule has 1 amide bonds. The summed E-state index contributed by atoms with van der Waals surface area (Å²) in [5.74, 6) is 1.41. The predicted molar refractivity (Wildman–Crippen MR) is 126 cm³/mol. The fraction of sp³-hybridized carbons (Fsp3) is 0.286. The van der Waals surface area contributed by atoms with Crippen LogP contribution in [0.15, 0.2) is 62.8 Å². The van der Waals surface area contributed by atoms with E-state index in [2.05, 4.69) is 25.9 Å². The van der Waals surface area contributed by atoms with Crippen LogP contribution in [-0.4, -0.2) is 37.0 Å². The third kappa shape index (κ3) is 6.61. The van der Waals surface area contributed by atoms with Gasteiger partial charge in [-0.2, -0.15) is 0 Å². The van der Waals surface area contributed by atoms with Crippen LogP contribution >= 0.6 is 24.0 Å². The van der Waals surface area contributed by atoms with Crippen LogP contribution in [0.1, 0.15) is 28.2 Å². The maximum atomic E-state index is 12.0. The molecule has 2 aromatic heterocycles. The summed E-state index contributed by atoms with van der Waals surface area (Å²) in [4.78, 5) is 20.6. The summed E-state index contributed by atoms with van der Waals surface area (Å²) in [6.45, 7) is 3.52. The molecule has 0 saturated heterocycles. The lowest BCUT2D eigenvalue weighted by molar-refractivity contribution is 0.0925. The van der Waals surface area contributed by atoms with Crippen LogP contribution in [0.2, 0.25) is 0 Å². The second-order valence-electron chi connectivity index (χ2n) is 6.40. The Morgan fingerprint density at radius 3 is 2.53 bits per heavy atom. The van der Waals surface area contributed by atoms with E-state index < -0.39 is 0 Å². The lowest BCUT2D eigenvalue weighted by atomic mass is 10.2. The standard InChI is InChI=1S/C21H25N5O3.HI/c1-15-9-12-28-18(15)19(27)23-10-6-11-24-21(22-2)25-13-17-14-29-20(26-17)16-7-4-3-5-8-16;/h3-5,7-9,12,14H,6,10-11,13H2,1-2H3,(H,23,27)(H2,22,24,25);1H. The molecular weight excluding hydrogens is 497 g/mol. The van der Waals surface area contributed by atoms with Gasteiger partial charge in [-0.25, -0.2) is 4.98 Å². The zero-order valence-corrected chi connectivity index (χ0v) is 19.3. The summed E-state index contributed by atoms with van der Waals surface area (Å²) in [5, 5.41) is 9.24. The van der Waals surface area contributed by atoms with Crippen molar-refractivity contribution in [3.63, 3.8) is 0 Å². The summed E-state index contributed by atoms with van der Waals surface area (Å²) in [6.07, 6.45) is 3.89. The van der Waals surface area contributed by atoms with Crippen molar-refractivity contribution >= 4 is 35.8 Å². The minimum absolute atomic E-state index is 0. The topological polar surface area (TPSA) is 105 Å². The van der Waals surface area contributed by atoms with Gasteiger partial charge in [0.2, 0.25) is 5.89 Å². The molecule has 0 fully saturated rings. The van der Waals surface area contributed by atoms with Gasteiger partial charge in [0.05, 0.1) is 18.5 Å². The number of guanidine groups is 1. The second kappa shape index (κ2) is 12.0. The molecule has 0 saturated carbocycles. The Morgan fingerprint density at radius 1 is 1.07 bits per heavy atom. The molecule has 3 aromatic rings. The molecule has 30 heavy (non-hydrogen) atoms. The predicted octanol–water partition coefficient (Wildman–Crippen LogP) is 3.35. The van der Waals surface area contributed by atoms with Gasteiger partial charge < -0.3 is 24.8 Å². The second-order valence-corrected chi connectivity index (χ2v) is 6.40. The Hall–Kier alpha value is -2.82. The fourth-order valence-corrected chi connectivity index (χ4v) is 2.68. The van der Waals surface area contributed by atoms with Crippen molar-refractivity contribution in [3.05, 3.63) is 65.9 Å². The number of aromatic nitrogens is 1. The highest BCUT2D eigenvalue weighted by molar-refractivity contribution is 14.0. The minimum Gasteiger partial charge on any atom is -0.459 e. The maximum absolute atomic E-state index is 12.0. The number of rotatable bonds is 8. The Labute approximate surface area is 192 Å². The van der Waals surface area contributed by atoms with E-state index in [1.165, 1.54) is 6.26 Å². The molecule has 0 unspecified atom stereocenters. The number of benzene rings is 1. The molecule has 160 valence electrons. The normalized spacial score (nSPS) is 10.9. The van der Waals surface area contributed by atoms with Crippen molar-refractivity contribution in [2.75, 3.05) is 20.1 Å². The van der Waals surface area contributed by atoms with Gasteiger partial charge in [0, 0.05) is 31.3 Å². The highest BCUT2D eigenvalue weighted by Gasteiger charge is 2.11. The van der Waals surface area contributed by atoms with Crippen molar-refractivity contribution in [2.24, 2.45) is 4.99 Å². The molecule has 0 radical (unpaired) electrons. The molecule has 0 bridgehead atoms. The monoisotopic (exact) mass is 523 g/mol. The lowest BCUT2D eigenvalue weighted by Crippen LogP contribution is -2.38. The summed E-state index contributed by atoms with van der Waals surface area (Å²) >= 11 is 0. The van der Waals surface area contributed by atoms with E-state index in [1.54, 1.807) is 19.4 Å². The number of halogens is 1. The first-order chi connectivity index (χ1) is 14.2. The molecule has 1 aromatic carbocycles. The van der Waals surface area contributed by atoms with Crippen molar-refractivity contribution in [1.29, 1.82) is 0 Å². The molecule has 0 spiro atoms. The van der Waals surface area contributed by atoms with Crippen LogP contribution in [0, 0.1) is 6.92 Å². The molecule has 2 heterocycles. The first kappa shape index (κ1) is 23.5. The largest absolute Gasteiger partial charge is 0.459 e. The van der Waals surface area contributed by atoms with E-state index in [0.717, 1.165) is 23.2 Å². The van der Waals surface area contributed by atoms with Crippen LogP contribution in [0.25, 0.3) is 11.5 Å². The zero-order chi connectivity index (χ0) is 20.5. The van der Waals surface area contributed by atoms with E-state index in [9.17, 15) is 4.79 Å². The highest BCUT2D eigenvalue weighted by atomic mass is 127. The molecule has 3 rings (SSSR count). The molecule has 0 aliphatic rings. The van der Waals surface area contributed by atoms with Crippen molar-refractivity contribution in [3.8, 4) is 11.5 Å². The quantitative estimate of drug-likeness (QED) is 0.181. The van der Waals surface area contributed by atoms with Crippen molar-refractivity contribution in [1.82, 2.24) is 20.9 Å². The molecule has 9 heteroatoms. The summed E-state index contributed by atoms with van der Waals surface area (Å²) in [7, 11) is 1.70. The third-order valence-electron chi connectivity index (χ3n) is 4.23. The first-order valence-corrected chi connectivity index (χ1v) is 9.44. The molecular formula is C21H26IN5O3. The van der Waals surface area contributed by atoms with Gasteiger partial charge in [0.15, 0.2) is 11.7 Å². The Bertz CT molecular complexity index is 952. The minimum atomic E-state index is -0.199. The van der Waals surface area contributed by atoms with Gasteiger partial charge in [-0.15, -0.1) is 24.0 Å². The average Bonchev–Trinajstić information content (AvgIpc) is 3.39. The van der Waals surface area contributed by atoms with E-state index in [1.807, 2.05) is 37.3 Å². The fourth-order valence-electron chi connectivity index (χ4n) is 2.68. The summed E-state index contributed by atoms with van der Waals surface area (Å²) < 4.78 is 10.7. The van der Waals surface area contributed by atoms with E-state index in [-0.39, 0.29) is 29.9 Å². The number of amides is 1. The third-order valence-corrected chi connectivity index (χ3v) is 4.23. The molecule has 3 N–H and O–H groups in total. The number of aryl methyl sites for hydroxylation is 1. The number of carbonyl (C=O) groups is 1. The summed E-state index contributed by atoms with van der Waals surface area (Å²) in [5.41, 5.74) is 2.55. The molecule has 0 aliphatic carbocycles. The summed E-state index contributed by atoms with van der Waals surface area (Å²) in [6, 6.07) is 11.5. The van der Waals surface area contributed by atoms with Gasteiger partial charge in [0.25, 0.3) is 5.91 Å². The Balaban J connectivity index is 0.00000320. The van der Waals surface area contributed by atoms with E-state index in [4.69, 9.17) is 8.83 Å². The van der Waals surface area contributed by atoms with Crippen LogP contribution in [0.5, 0.6) is 0 Å². The van der Waals surface area contributed by atoms with Crippen LogP contribution < -0.4 is 16.0 Å². The van der Waals surface area contributed by atoms with Gasteiger partial charge in [-0.1, -0.05) is 18.2 Å². The number of hydrogen-bond acceptors (Lipinski definition) is 5. The number of nitrogens with one attached hydrogen (secondary N) is 3. The van der Waals surface area contributed by atoms with Gasteiger partial charge >= 0.3 is 0 Å². The number of furan rings is 1. The highest BCUT2D eigenvalue weighted by Crippen LogP contribution is 2.17. The number of aliphatic imine (C=N–C) groups is 1. The van der Waals surface area contributed by atoms with Gasteiger partial charge in [-0.3, -0.25) is 9.79 Å². The SMILES string of the molecule is CN=C(NCCCNC(=O)c1occc1C)NCc1coc(-c2ccccc2)n1.I. The van der Waals surface area contributed by atoms with Gasteiger partial charge in [-0.05, 0) is 31.5 Å². The molecule has 0 atom stereocenters. The number of nitrogens with zero attached hydrogens (tertiary/aromatic N) is 2. The van der Waals surface area contributed by atoms with Crippen molar-refractivity contribution < 1.29 is 13.6 Å². The smallest absolute Gasteiger partial charge is 0.287 e. The Morgan fingerprint density at radius 2 is 1.83 bits per heavy atom. The average molecular weight is 523 g/mol. The molecule has 8 nitrogen and oxygen atoms in total. The lowest BCUT2D eigenvalue weighted by Gasteiger charge is -2.11. The zero-order valence-electron chi connectivity index (χ0n) is 17.0. The first-order valence-electron chi connectivity index (χ1n) is 9.44. The van der Waals surface area contributed by atoms with Gasteiger partial charge in [0.1, 0.15) is 6.26 Å². The maximum Gasteiger partial charge on any atom is 0.287 e. The number of oxazole rings is 1. The number of carbonyl (C=O) groups excluding carboxylic acids is 1. The van der Waals surface area contributed by atoms with E-state index in [0.29, 0.717) is 37.2 Å². The number of hydrogen-bond donors (Lipinski definition) is 3. The van der Waals surface area contributed by atoms with E-state index >= 15 is 0 Å². The Kier molecular flexibility index (Phi) is 9.39. The van der Waals surface area contributed by atoms with Crippen LogP contribution in [-0.2, 0) is 6.54 Å². The van der Waals surface area contributed by atoms with Crippen LogP contribution in [0.3, 0.4) is 0 Å². The van der Waals surface area contributed by atoms with Crippen LogP contribution in [0.4, 0.5) is 0 Å². The molecule has 0 aliphatic heterocycles.